The lowest BCUT2D eigenvalue weighted by molar-refractivity contribution is -0.143. The molecule has 15 nitrogen and oxygen atoms in total. The van der Waals surface area contributed by atoms with Gasteiger partial charge in [-0.1, -0.05) is 13.8 Å². The Hall–Kier alpha value is -3.72. The first kappa shape index (κ1) is 31.3. The van der Waals surface area contributed by atoms with Gasteiger partial charge in [-0.05, 0) is 32.1 Å². The highest BCUT2D eigenvalue weighted by Gasteiger charge is 2.33. The minimum Gasteiger partial charge on any atom is -0.480 e. The lowest BCUT2D eigenvalue weighted by Gasteiger charge is -2.27. The number of carbonyl (C=O) groups excluding carboxylic acids is 3. The van der Waals surface area contributed by atoms with Crippen molar-refractivity contribution in [2.45, 2.75) is 76.7 Å². The van der Waals surface area contributed by atoms with Crippen LogP contribution in [-0.2, 0) is 25.6 Å². The second kappa shape index (κ2) is 15.4. The number of nitrogens with two attached hydrogens (primary N) is 3. The predicted octanol–water partition coefficient (Wildman–Crippen LogP) is -2.70. The number of nitrogens with zero attached hydrogens (tertiary/aromatic N) is 2. The highest BCUT2D eigenvalue weighted by atomic mass is 16.4. The molecule has 1 rings (SSSR count). The van der Waals surface area contributed by atoms with Crippen LogP contribution in [0.5, 0.6) is 0 Å². The molecule has 208 valence electrons. The van der Waals surface area contributed by atoms with Crippen molar-refractivity contribution in [2.24, 2.45) is 28.1 Å². The van der Waals surface area contributed by atoms with Crippen LogP contribution in [0.4, 0.5) is 0 Å². The number of hydrogen-bond donors (Lipinski definition) is 9. The molecule has 0 bridgehead atoms. The maximum Gasteiger partial charge on any atom is 0.326 e. The highest BCUT2D eigenvalue weighted by molar-refractivity contribution is 5.94. The van der Waals surface area contributed by atoms with E-state index >= 15 is 0 Å². The molecule has 0 aromatic carbocycles. The lowest BCUT2D eigenvalue weighted by atomic mass is 10.0. The van der Waals surface area contributed by atoms with Crippen LogP contribution in [0.1, 0.15) is 45.7 Å². The minimum atomic E-state index is -1.48. The van der Waals surface area contributed by atoms with Crippen LogP contribution in [0.3, 0.4) is 0 Å². The topological polar surface area (TPSA) is 264 Å². The molecule has 0 aliphatic heterocycles. The Morgan fingerprint density at radius 2 is 1.70 bits per heavy atom. The molecule has 5 unspecified atom stereocenters. The minimum absolute atomic E-state index is 0.0150. The molecule has 37 heavy (non-hydrogen) atoms. The average Bonchev–Trinajstić information content (AvgIpc) is 3.31. The largest absolute Gasteiger partial charge is 0.480 e. The number of rotatable bonds is 16. The zero-order valence-electron chi connectivity index (χ0n) is 21.3. The van der Waals surface area contributed by atoms with E-state index in [-0.39, 0.29) is 31.1 Å². The summed E-state index contributed by atoms with van der Waals surface area (Å²) in [4.78, 5) is 60.5. The number of aromatic nitrogens is 2. The van der Waals surface area contributed by atoms with E-state index in [1.807, 2.05) is 13.8 Å². The first-order chi connectivity index (χ1) is 17.3. The van der Waals surface area contributed by atoms with Crippen molar-refractivity contribution in [2.75, 3.05) is 6.54 Å². The second-order valence-electron chi connectivity index (χ2n) is 9.15. The number of H-pyrrole nitrogens is 1. The monoisotopic (exact) mass is 525 g/mol. The Balaban J connectivity index is 2.86. The van der Waals surface area contributed by atoms with Crippen molar-refractivity contribution in [3.63, 3.8) is 0 Å². The third-order valence-corrected chi connectivity index (χ3v) is 5.30. The maximum absolute atomic E-state index is 13.0. The Morgan fingerprint density at radius 1 is 1.05 bits per heavy atom. The van der Waals surface area contributed by atoms with Crippen LogP contribution < -0.4 is 33.2 Å². The van der Waals surface area contributed by atoms with E-state index < -0.39 is 54.0 Å². The van der Waals surface area contributed by atoms with Crippen molar-refractivity contribution < 1.29 is 29.4 Å². The van der Waals surface area contributed by atoms with Crippen LogP contribution in [0.2, 0.25) is 0 Å². The molecule has 0 radical (unpaired) electrons. The number of aliphatic hydroxyl groups is 1. The average molecular weight is 526 g/mol. The fourth-order valence-electron chi connectivity index (χ4n) is 3.37. The van der Waals surface area contributed by atoms with Gasteiger partial charge in [-0.15, -0.1) is 0 Å². The van der Waals surface area contributed by atoms with Crippen molar-refractivity contribution in [1.82, 2.24) is 25.9 Å². The van der Waals surface area contributed by atoms with Gasteiger partial charge < -0.3 is 48.3 Å². The Kier molecular flexibility index (Phi) is 13.0. The molecule has 3 amide bonds. The normalized spacial score (nSPS) is 15.1. The van der Waals surface area contributed by atoms with Crippen molar-refractivity contribution in [3.05, 3.63) is 18.2 Å². The summed E-state index contributed by atoms with van der Waals surface area (Å²) >= 11 is 0. The first-order valence-electron chi connectivity index (χ1n) is 11.9. The molecule has 15 heteroatoms. The van der Waals surface area contributed by atoms with E-state index in [9.17, 15) is 29.4 Å². The zero-order valence-corrected chi connectivity index (χ0v) is 21.3. The molecule has 5 atom stereocenters. The van der Waals surface area contributed by atoms with Crippen LogP contribution in [0.25, 0.3) is 0 Å². The zero-order chi connectivity index (χ0) is 28.1. The molecular formula is C22H39N9O6. The van der Waals surface area contributed by atoms with Gasteiger partial charge in [0.25, 0.3) is 0 Å². The molecule has 1 aromatic heterocycles. The summed E-state index contributed by atoms with van der Waals surface area (Å²) in [5, 5.41) is 27.0. The first-order valence-corrected chi connectivity index (χ1v) is 11.9. The number of aromatic amines is 1. The van der Waals surface area contributed by atoms with Crippen LogP contribution in [0, 0.1) is 5.92 Å². The Morgan fingerprint density at radius 3 is 2.22 bits per heavy atom. The Labute approximate surface area is 215 Å². The standard InChI is InChI=1S/C22H39N9O6/c1-11(2)7-15(29-18(33)14(23)5-4-6-27-22(24)25)19(34)31-17(12(3)32)20(35)30-16(21(36)37)8-13-9-26-10-28-13/h9-12,14-17,32H,4-8,23H2,1-3H3,(H,26,28)(H,29,33)(H,30,35)(H,31,34)(H,36,37)(H4,24,25,27). The van der Waals surface area contributed by atoms with E-state index in [4.69, 9.17) is 17.2 Å². The number of imidazole rings is 1. The molecule has 0 aliphatic carbocycles. The van der Waals surface area contributed by atoms with E-state index in [0.29, 0.717) is 18.7 Å². The number of carboxylic acid groups (broad SMARTS) is 1. The molecule has 0 aliphatic rings. The fourth-order valence-corrected chi connectivity index (χ4v) is 3.37. The molecule has 1 heterocycles. The van der Waals surface area contributed by atoms with Crippen molar-refractivity contribution in [1.29, 1.82) is 0 Å². The quantitative estimate of drug-likeness (QED) is 0.0612. The van der Waals surface area contributed by atoms with E-state index in [1.165, 1.54) is 19.4 Å². The van der Waals surface area contributed by atoms with E-state index in [0.717, 1.165) is 0 Å². The molecule has 12 N–H and O–H groups in total. The van der Waals surface area contributed by atoms with Gasteiger partial charge in [-0.3, -0.25) is 19.4 Å². The molecule has 0 fully saturated rings. The van der Waals surface area contributed by atoms with Gasteiger partial charge in [0.15, 0.2) is 5.96 Å². The van der Waals surface area contributed by atoms with Crippen LogP contribution in [-0.4, -0.2) is 86.6 Å². The number of aliphatic hydroxyl groups excluding tert-OH is 1. The lowest BCUT2D eigenvalue weighted by Crippen LogP contribution is -2.60. The van der Waals surface area contributed by atoms with Gasteiger partial charge in [0.2, 0.25) is 17.7 Å². The van der Waals surface area contributed by atoms with Gasteiger partial charge >= 0.3 is 5.97 Å². The smallest absolute Gasteiger partial charge is 0.326 e. The summed E-state index contributed by atoms with van der Waals surface area (Å²) in [7, 11) is 0. The molecule has 0 spiro atoms. The van der Waals surface area contributed by atoms with Gasteiger partial charge in [0, 0.05) is 24.9 Å². The summed E-state index contributed by atoms with van der Waals surface area (Å²) in [5.74, 6) is -3.60. The number of guanidine groups is 1. The summed E-state index contributed by atoms with van der Waals surface area (Å²) in [6, 6.07) is -4.79. The number of carboxylic acids is 1. The number of carbonyl (C=O) groups is 4. The van der Waals surface area contributed by atoms with Crippen LogP contribution in [0.15, 0.2) is 17.5 Å². The molecule has 1 aromatic rings. The number of nitrogens with one attached hydrogen (secondary N) is 4. The third kappa shape index (κ3) is 11.7. The summed E-state index contributed by atoms with van der Waals surface area (Å²) in [6.07, 6.45) is 2.28. The number of hydrogen-bond acceptors (Lipinski definition) is 8. The molecule has 0 saturated carbocycles. The highest BCUT2D eigenvalue weighted by Crippen LogP contribution is 2.08. The predicted molar refractivity (Wildman–Crippen MR) is 135 cm³/mol. The number of aliphatic carboxylic acids is 1. The third-order valence-electron chi connectivity index (χ3n) is 5.30. The summed E-state index contributed by atoms with van der Waals surface area (Å²) in [5.41, 5.74) is 16.9. The van der Waals surface area contributed by atoms with Crippen molar-refractivity contribution in [3.8, 4) is 0 Å². The van der Waals surface area contributed by atoms with Gasteiger partial charge in [0.1, 0.15) is 18.1 Å². The van der Waals surface area contributed by atoms with E-state index in [1.54, 1.807) is 0 Å². The van der Waals surface area contributed by atoms with Crippen molar-refractivity contribution >= 4 is 29.7 Å². The summed E-state index contributed by atoms with van der Waals surface area (Å²) < 4.78 is 0. The Bertz CT molecular complexity index is 916. The molecular weight excluding hydrogens is 486 g/mol. The number of aliphatic imine (C=N–C) groups is 1. The summed E-state index contributed by atoms with van der Waals surface area (Å²) in [6.45, 7) is 5.25. The van der Waals surface area contributed by atoms with Gasteiger partial charge in [-0.2, -0.15) is 0 Å². The van der Waals surface area contributed by atoms with Crippen LogP contribution >= 0.6 is 0 Å². The number of amides is 3. The maximum atomic E-state index is 13.0. The molecule has 0 saturated heterocycles. The van der Waals surface area contributed by atoms with E-state index in [2.05, 4.69) is 30.9 Å². The van der Waals surface area contributed by atoms with Gasteiger partial charge in [0.05, 0.1) is 18.5 Å². The second-order valence-corrected chi connectivity index (χ2v) is 9.15. The van der Waals surface area contributed by atoms with Gasteiger partial charge in [-0.25, -0.2) is 9.78 Å². The SMILES string of the molecule is CC(C)CC(NC(=O)C(N)CCCN=C(N)N)C(=O)NC(C(=O)NC(Cc1cnc[nH]1)C(=O)O)C(C)O. The fraction of sp³-hybridized carbons (Fsp3) is 0.636.